The van der Waals surface area contributed by atoms with Crippen LogP contribution in [0.4, 0.5) is 5.82 Å². The molecule has 0 bridgehead atoms. The average Bonchev–Trinajstić information content (AvgIpc) is 2.77. The number of hydrogen-bond acceptors (Lipinski definition) is 5. The number of amides is 1. The highest BCUT2D eigenvalue weighted by molar-refractivity contribution is 5.88. The monoisotopic (exact) mass is 318 g/mol. The van der Waals surface area contributed by atoms with Gasteiger partial charge < -0.3 is 15.7 Å². The van der Waals surface area contributed by atoms with Gasteiger partial charge in [-0.1, -0.05) is 6.07 Å². The number of nitrogens with zero attached hydrogens (tertiary/aromatic N) is 3. The molecule has 3 rings (SSSR count). The van der Waals surface area contributed by atoms with Crippen LogP contribution in [-0.2, 0) is 16.1 Å². The summed E-state index contributed by atoms with van der Waals surface area (Å²) in [4.78, 5) is 31.6. The molecule has 2 aliphatic rings. The summed E-state index contributed by atoms with van der Waals surface area (Å²) in [5, 5.41) is 9.49. The van der Waals surface area contributed by atoms with Gasteiger partial charge >= 0.3 is 5.97 Å². The van der Waals surface area contributed by atoms with Crippen molar-refractivity contribution in [1.29, 1.82) is 0 Å². The summed E-state index contributed by atoms with van der Waals surface area (Å²) in [6, 6.07) is 3.82. The number of carbonyl (C=O) groups is 2. The van der Waals surface area contributed by atoms with Gasteiger partial charge in [0.2, 0.25) is 5.91 Å². The van der Waals surface area contributed by atoms with Crippen molar-refractivity contribution in [2.75, 3.05) is 25.9 Å². The van der Waals surface area contributed by atoms with Gasteiger partial charge in [0, 0.05) is 44.9 Å². The Kier molecular flexibility index (Phi) is 3.97. The molecule has 2 saturated heterocycles. The SMILES string of the molecule is CN1C(=O)C[C@H](C(=O)O)C12CCN(Cc1cccnc1N)CC2. The Balaban J connectivity index is 1.71. The first-order chi connectivity index (χ1) is 10.9. The summed E-state index contributed by atoms with van der Waals surface area (Å²) in [6.45, 7) is 2.19. The molecule has 2 aliphatic heterocycles. The minimum atomic E-state index is -0.868. The second-order valence-electron chi connectivity index (χ2n) is 6.48. The smallest absolute Gasteiger partial charge is 0.309 e. The zero-order valence-electron chi connectivity index (χ0n) is 13.2. The van der Waals surface area contributed by atoms with E-state index in [1.54, 1.807) is 18.1 Å². The Hall–Kier alpha value is -2.15. The molecule has 1 spiro atoms. The molecule has 2 fully saturated rings. The van der Waals surface area contributed by atoms with Gasteiger partial charge in [-0.2, -0.15) is 0 Å². The van der Waals surface area contributed by atoms with Gasteiger partial charge in [-0.25, -0.2) is 4.98 Å². The number of carbonyl (C=O) groups excluding carboxylic acids is 1. The van der Waals surface area contributed by atoms with Crippen molar-refractivity contribution >= 4 is 17.7 Å². The van der Waals surface area contributed by atoms with Crippen molar-refractivity contribution in [1.82, 2.24) is 14.8 Å². The van der Waals surface area contributed by atoms with Crippen LogP contribution in [-0.4, -0.2) is 57.4 Å². The van der Waals surface area contributed by atoms with Crippen molar-refractivity contribution in [3.63, 3.8) is 0 Å². The van der Waals surface area contributed by atoms with Crippen LogP contribution >= 0.6 is 0 Å². The number of carboxylic acids is 1. The Morgan fingerprint density at radius 1 is 1.48 bits per heavy atom. The van der Waals surface area contributed by atoms with Crippen molar-refractivity contribution in [3.8, 4) is 0 Å². The lowest BCUT2D eigenvalue weighted by Crippen LogP contribution is -2.55. The number of nitrogens with two attached hydrogens (primary N) is 1. The van der Waals surface area contributed by atoms with Gasteiger partial charge in [0.05, 0.1) is 11.5 Å². The molecular weight excluding hydrogens is 296 g/mol. The summed E-state index contributed by atoms with van der Waals surface area (Å²) >= 11 is 0. The second-order valence-corrected chi connectivity index (χ2v) is 6.48. The number of piperidine rings is 1. The number of anilines is 1. The Bertz CT molecular complexity index is 626. The van der Waals surface area contributed by atoms with Crippen molar-refractivity contribution in [2.45, 2.75) is 31.3 Å². The number of aliphatic carboxylic acids is 1. The minimum absolute atomic E-state index is 0.0673. The fraction of sp³-hybridized carbons (Fsp3) is 0.562. The normalized spacial score (nSPS) is 24.3. The molecule has 3 heterocycles. The summed E-state index contributed by atoms with van der Waals surface area (Å²) in [5.41, 5.74) is 6.33. The molecule has 1 amide bonds. The van der Waals surface area contributed by atoms with Crippen molar-refractivity contribution < 1.29 is 14.7 Å². The van der Waals surface area contributed by atoms with Crippen LogP contribution in [0, 0.1) is 5.92 Å². The number of nitrogen functional groups attached to an aromatic ring is 1. The molecule has 124 valence electrons. The molecule has 0 saturated carbocycles. The van der Waals surface area contributed by atoms with Gasteiger partial charge in [0.25, 0.3) is 0 Å². The first-order valence-electron chi connectivity index (χ1n) is 7.85. The first-order valence-corrected chi connectivity index (χ1v) is 7.85. The van der Waals surface area contributed by atoms with E-state index in [2.05, 4.69) is 9.88 Å². The second kappa shape index (κ2) is 5.81. The molecule has 0 aromatic carbocycles. The Morgan fingerprint density at radius 3 is 2.78 bits per heavy atom. The largest absolute Gasteiger partial charge is 0.481 e. The van der Waals surface area contributed by atoms with Crippen LogP contribution in [0.3, 0.4) is 0 Å². The molecule has 3 N–H and O–H groups in total. The quantitative estimate of drug-likeness (QED) is 0.845. The molecule has 0 aliphatic carbocycles. The van der Waals surface area contributed by atoms with E-state index in [-0.39, 0.29) is 12.3 Å². The first kappa shape index (κ1) is 15.7. The van der Waals surface area contributed by atoms with Crippen molar-refractivity contribution in [3.05, 3.63) is 23.9 Å². The lowest BCUT2D eigenvalue weighted by molar-refractivity contribution is -0.146. The molecule has 0 unspecified atom stereocenters. The average molecular weight is 318 g/mol. The fourth-order valence-corrected chi connectivity index (χ4v) is 3.91. The van der Waals surface area contributed by atoms with Gasteiger partial charge in [-0.15, -0.1) is 0 Å². The highest BCUT2D eigenvalue weighted by Gasteiger charge is 2.55. The molecule has 1 atom stereocenters. The Morgan fingerprint density at radius 2 is 2.17 bits per heavy atom. The van der Waals surface area contributed by atoms with Gasteiger partial charge in [-0.05, 0) is 18.9 Å². The van der Waals surface area contributed by atoms with E-state index >= 15 is 0 Å². The van der Waals surface area contributed by atoms with Crippen LogP contribution in [0.2, 0.25) is 0 Å². The topological polar surface area (TPSA) is 99.8 Å². The van der Waals surface area contributed by atoms with E-state index in [4.69, 9.17) is 5.73 Å². The molecule has 7 heteroatoms. The summed E-state index contributed by atoms with van der Waals surface area (Å²) in [5.74, 6) is -1.01. The van der Waals surface area contributed by atoms with Crippen LogP contribution < -0.4 is 5.73 Å². The van der Waals surface area contributed by atoms with Gasteiger partial charge in [0.15, 0.2) is 0 Å². The van der Waals surface area contributed by atoms with Crippen molar-refractivity contribution in [2.24, 2.45) is 5.92 Å². The third kappa shape index (κ3) is 2.65. The third-order valence-electron chi connectivity index (χ3n) is 5.41. The van der Waals surface area contributed by atoms with E-state index in [0.717, 1.165) is 18.7 Å². The number of rotatable bonds is 3. The fourth-order valence-electron chi connectivity index (χ4n) is 3.91. The lowest BCUT2D eigenvalue weighted by atomic mass is 9.77. The summed E-state index contributed by atoms with van der Waals surface area (Å²) in [7, 11) is 1.74. The molecule has 23 heavy (non-hydrogen) atoms. The predicted octanol–water partition coefficient (Wildman–Crippen LogP) is 0.561. The number of aromatic nitrogens is 1. The summed E-state index contributed by atoms with van der Waals surface area (Å²) in [6.07, 6.45) is 3.13. The number of likely N-dealkylation sites (tertiary alicyclic amines) is 2. The maximum atomic E-state index is 12.0. The lowest BCUT2D eigenvalue weighted by Gasteiger charge is -2.45. The molecule has 1 aromatic rings. The van der Waals surface area contributed by atoms with Crippen LogP contribution in [0.25, 0.3) is 0 Å². The summed E-state index contributed by atoms with van der Waals surface area (Å²) < 4.78 is 0. The number of hydrogen-bond donors (Lipinski definition) is 2. The highest BCUT2D eigenvalue weighted by Crippen LogP contribution is 2.43. The Labute approximate surface area is 135 Å². The van der Waals surface area contributed by atoms with Crippen LogP contribution in [0.15, 0.2) is 18.3 Å². The zero-order chi connectivity index (χ0) is 16.6. The molecular formula is C16H22N4O3. The van der Waals surface area contributed by atoms with Crippen LogP contribution in [0.1, 0.15) is 24.8 Å². The third-order valence-corrected chi connectivity index (χ3v) is 5.41. The van der Waals surface area contributed by atoms with E-state index in [1.807, 2.05) is 12.1 Å². The minimum Gasteiger partial charge on any atom is -0.481 e. The van der Waals surface area contributed by atoms with E-state index in [0.29, 0.717) is 25.2 Å². The standard InChI is InChI=1S/C16H22N4O3/c1-19-13(21)9-12(15(22)23)16(19)4-7-20(8-5-16)10-11-3-2-6-18-14(11)17/h2-3,6,12H,4-5,7-10H2,1H3,(H2,17,18)(H,22,23)/t12-/m1/s1. The zero-order valence-corrected chi connectivity index (χ0v) is 13.2. The van der Waals surface area contributed by atoms with Gasteiger partial charge in [-0.3, -0.25) is 14.5 Å². The maximum Gasteiger partial charge on any atom is 0.309 e. The highest BCUT2D eigenvalue weighted by atomic mass is 16.4. The molecule has 0 radical (unpaired) electrons. The molecule has 1 aromatic heterocycles. The predicted molar refractivity (Wildman–Crippen MR) is 84.4 cm³/mol. The van der Waals surface area contributed by atoms with E-state index in [1.165, 1.54) is 0 Å². The van der Waals surface area contributed by atoms with Crippen LogP contribution in [0.5, 0.6) is 0 Å². The number of carboxylic acid groups (broad SMARTS) is 1. The number of pyridine rings is 1. The maximum absolute atomic E-state index is 12.0. The van der Waals surface area contributed by atoms with E-state index < -0.39 is 17.4 Å². The van der Waals surface area contributed by atoms with E-state index in [9.17, 15) is 14.7 Å². The molecule has 7 nitrogen and oxygen atoms in total. The van der Waals surface area contributed by atoms with Gasteiger partial charge in [0.1, 0.15) is 5.82 Å².